The molecule has 10 rings (SSSR count). The van der Waals surface area contributed by atoms with Crippen LogP contribution in [0.25, 0.3) is 93.5 Å². The van der Waals surface area contributed by atoms with Crippen molar-refractivity contribution in [3.8, 4) is 17.2 Å². The van der Waals surface area contributed by atoms with Gasteiger partial charge in [0.25, 0.3) is 0 Å². The lowest BCUT2D eigenvalue weighted by atomic mass is 10.0. The monoisotopic (exact) mass is 563 g/mol. The molecule has 0 saturated carbocycles. The molecular formula is C38H21N5O. The van der Waals surface area contributed by atoms with Gasteiger partial charge in [-0.05, 0) is 35.7 Å². The topological polar surface area (TPSA) is 69.6 Å². The van der Waals surface area contributed by atoms with Crippen LogP contribution in [0.2, 0.25) is 0 Å². The Morgan fingerprint density at radius 1 is 0.568 bits per heavy atom. The molecule has 6 heteroatoms. The number of hydrogen-bond donors (Lipinski definition) is 0. The van der Waals surface area contributed by atoms with Crippen LogP contribution in [0.5, 0.6) is 0 Å². The van der Waals surface area contributed by atoms with Crippen molar-refractivity contribution in [2.24, 2.45) is 0 Å². The second-order valence-electron chi connectivity index (χ2n) is 11.1. The standard InChI is InChI=1S/C38H21N5O/c1-2-10-23(11-3-1)33-28-17-16-22-9-4-5-12-24(22)34(28)42-38(41-33)43-35-31(27-14-8-19-40-37(27)43)29-21-39-20-18-25(29)36-32(35)26-13-6-7-15-30(26)44-36/h1-21H. The molecule has 6 nitrogen and oxygen atoms in total. The summed E-state index contributed by atoms with van der Waals surface area (Å²) >= 11 is 0. The molecule has 0 bridgehead atoms. The zero-order chi connectivity index (χ0) is 28.8. The first-order valence-corrected chi connectivity index (χ1v) is 14.6. The number of nitrogens with zero attached hydrogens (tertiary/aromatic N) is 5. The van der Waals surface area contributed by atoms with Crippen molar-refractivity contribution >= 4 is 76.3 Å². The van der Waals surface area contributed by atoms with Crippen molar-refractivity contribution in [1.82, 2.24) is 24.5 Å². The normalized spacial score (nSPS) is 12.1. The van der Waals surface area contributed by atoms with Crippen molar-refractivity contribution < 1.29 is 4.42 Å². The Kier molecular flexibility index (Phi) is 4.63. The molecule has 5 aromatic carbocycles. The number of furan rings is 1. The first kappa shape index (κ1) is 23.4. The zero-order valence-electron chi connectivity index (χ0n) is 23.3. The van der Waals surface area contributed by atoms with Crippen LogP contribution in [0.1, 0.15) is 0 Å². The first-order chi connectivity index (χ1) is 21.8. The van der Waals surface area contributed by atoms with E-state index in [1.165, 1.54) is 0 Å². The van der Waals surface area contributed by atoms with Gasteiger partial charge in [0.2, 0.25) is 5.95 Å². The number of para-hydroxylation sites is 1. The van der Waals surface area contributed by atoms with Gasteiger partial charge in [-0.2, -0.15) is 0 Å². The molecule has 0 N–H and O–H groups in total. The minimum absolute atomic E-state index is 0.557. The third-order valence-corrected chi connectivity index (χ3v) is 8.72. The van der Waals surface area contributed by atoms with Crippen LogP contribution < -0.4 is 0 Å². The molecule has 10 aromatic rings. The third kappa shape index (κ3) is 3.08. The Morgan fingerprint density at radius 2 is 1.39 bits per heavy atom. The minimum atomic E-state index is 0.557. The van der Waals surface area contributed by atoms with E-state index in [1.807, 2.05) is 61.1 Å². The number of benzene rings is 5. The molecule has 0 aliphatic heterocycles. The Bertz CT molecular complexity index is 2780. The van der Waals surface area contributed by atoms with Crippen LogP contribution in [0.15, 0.2) is 132 Å². The second-order valence-corrected chi connectivity index (χ2v) is 11.1. The fourth-order valence-corrected chi connectivity index (χ4v) is 6.85. The second kappa shape index (κ2) is 8.69. The van der Waals surface area contributed by atoms with E-state index in [9.17, 15) is 0 Å². The lowest BCUT2D eigenvalue weighted by Gasteiger charge is -2.13. The number of hydrogen-bond acceptors (Lipinski definition) is 5. The van der Waals surface area contributed by atoms with Gasteiger partial charge in [0.15, 0.2) is 0 Å². The van der Waals surface area contributed by atoms with Gasteiger partial charge in [0.1, 0.15) is 16.8 Å². The van der Waals surface area contributed by atoms with Crippen molar-refractivity contribution in [3.05, 3.63) is 128 Å². The lowest BCUT2D eigenvalue weighted by Crippen LogP contribution is -2.04. The van der Waals surface area contributed by atoms with Crippen molar-refractivity contribution in [3.63, 3.8) is 0 Å². The van der Waals surface area contributed by atoms with Crippen molar-refractivity contribution in [2.75, 3.05) is 0 Å². The Labute approximate surface area is 249 Å². The molecule has 0 saturated heterocycles. The number of aromatic nitrogens is 5. The highest BCUT2D eigenvalue weighted by Crippen LogP contribution is 2.45. The van der Waals surface area contributed by atoms with Crippen LogP contribution in [-0.2, 0) is 0 Å². The molecule has 0 unspecified atom stereocenters. The summed E-state index contributed by atoms with van der Waals surface area (Å²) in [5, 5.41) is 9.32. The minimum Gasteiger partial charge on any atom is -0.455 e. The molecule has 0 aliphatic carbocycles. The molecule has 0 amide bonds. The molecule has 5 aromatic heterocycles. The molecule has 0 radical (unpaired) electrons. The molecule has 0 aliphatic rings. The van der Waals surface area contributed by atoms with E-state index in [4.69, 9.17) is 19.4 Å². The maximum absolute atomic E-state index is 6.58. The highest BCUT2D eigenvalue weighted by molar-refractivity contribution is 6.34. The molecule has 0 spiro atoms. The van der Waals surface area contributed by atoms with Crippen LogP contribution in [0, 0.1) is 0 Å². The maximum Gasteiger partial charge on any atom is 0.237 e. The lowest BCUT2D eigenvalue weighted by molar-refractivity contribution is 0.673. The van der Waals surface area contributed by atoms with Crippen LogP contribution in [0.4, 0.5) is 0 Å². The molecule has 44 heavy (non-hydrogen) atoms. The summed E-state index contributed by atoms with van der Waals surface area (Å²) in [4.78, 5) is 20.2. The summed E-state index contributed by atoms with van der Waals surface area (Å²) in [5.74, 6) is 0.557. The molecule has 0 atom stereocenters. The fourth-order valence-electron chi connectivity index (χ4n) is 6.85. The molecule has 204 valence electrons. The highest BCUT2D eigenvalue weighted by Gasteiger charge is 2.25. The maximum atomic E-state index is 6.58. The highest BCUT2D eigenvalue weighted by atomic mass is 16.3. The molecular weight excluding hydrogens is 542 g/mol. The summed E-state index contributed by atoms with van der Waals surface area (Å²) in [5.41, 5.74) is 6.18. The van der Waals surface area contributed by atoms with E-state index in [0.29, 0.717) is 5.95 Å². The van der Waals surface area contributed by atoms with Gasteiger partial charge in [-0.15, -0.1) is 0 Å². The SMILES string of the molecule is c1ccc(-c2nc(-n3c4ncccc4c4c5cnccc5c5oc6ccccc6c5c43)nc3c2ccc2ccccc23)cc1. The summed E-state index contributed by atoms with van der Waals surface area (Å²) in [6.45, 7) is 0. The van der Waals surface area contributed by atoms with Crippen molar-refractivity contribution in [1.29, 1.82) is 0 Å². The van der Waals surface area contributed by atoms with Gasteiger partial charge in [-0.1, -0.05) is 78.9 Å². The van der Waals surface area contributed by atoms with Gasteiger partial charge >= 0.3 is 0 Å². The van der Waals surface area contributed by atoms with Gasteiger partial charge in [-0.25, -0.2) is 15.0 Å². The van der Waals surface area contributed by atoms with Gasteiger partial charge in [0.05, 0.1) is 22.1 Å². The molecule has 0 fully saturated rings. The molecule has 5 heterocycles. The van der Waals surface area contributed by atoms with Crippen LogP contribution in [0.3, 0.4) is 0 Å². The largest absolute Gasteiger partial charge is 0.455 e. The number of fused-ring (bicyclic) bond motifs is 13. The first-order valence-electron chi connectivity index (χ1n) is 14.6. The van der Waals surface area contributed by atoms with Crippen molar-refractivity contribution in [2.45, 2.75) is 0 Å². The summed E-state index contributed by atoms with van der Waals surface area (Å²) in [7, 11) is 0. The third-order valence-electron chi connectivity index (χ3n) is 8.72. The van der Waals surface area contributed by atoms with Crippen LogP contribution in [-0.4, -0.2) is 24.5 Å². The average molecular weight is 564 g/mol. The van der Waals surface area contributed by atoms with E-state index in [1.54, 1.807) is 0 Å². The average Bonchev–Trinajstić information content (AvgIpc) is 3.65. The van der Waals surface area contributed by atoms with E-state index < -0.39 is 0 Å². The quantitative estimate of drug-likeness (QED) is 0.196. The van der Waals surface area contributed by atoms with E-state index in [0.717, 1.165) is 87.6 Å². The van der Waals surface area contributed by atoms with Gasteiger partial charge in [-0.3, -0.25) is 9.55 Å². The predicted octanol–water partition coefficient (Wildman–Crippen LogP) is 9.39. The number of rotatable bonds is 2. The Balaban J connectivity index is 1.48. The Morgan fingerprint density at radius 3 is 2.32 bits per heavy atom. The predicted molar refractivity (Wildman–Crippen MR) is 177 cm³/mol. The Hall–Kier alpha value is -6.14. The van der Waals surface area contributed by atoms with Crippen LogP contribution >= 0.6 is 0 Å². The summed E-state index contributed by atoms with van der Waals surface area (Å²) < 4.78 is 8.70. The number of pyridine rings is 2. The van der Waals surface area contributed by atoms with Gasteiger partial charge in [0, 0.05) is 61.9 Å². The fraction of sp³-hybridized carbons (Fsp3) is 0. The van der Waals surface area contributed by atoms with E-state index in [-0.39, 0.29) is 0 Å². The summed E-state index contributed by atoms with van der Waals surface area (Å²) in [6.07, 6.45) is 5.57. The van der Waals surface area contributed by atoms with Gasteiger partial charge < -0.3 is 4.42 Å². The summed E-state index contributed by atoms with van der Waals surface area (Å²) in [6, 6.07) is 37.3. The van der Waals surface area contributed by atoms with E-state index in [2.05, 4.69) is 76.3 Å². The smallest absolute Gasteiger partial charge is 0.237 e. The zero-order valence-corrected chi connectivity index (χ0v) is 23.3. The van der Waals surface area contributed by atoms with E-state index >= 15 is 0 Å².